The van der Waals surface area contributed by atoms with Crippen molar-refractivity contribution in [1.29, 1.82) is 0 Å². The largest absolute Gasteiger partial charge is 0.326 e. The number of amides is 2. The number of nitrogens with one attached hydrogen (secondary N) is 2. The molecule has 24 heavy (non-hydrogen) atoms. The van der Waals surface area contributed by atoms with Gasteiger partial charge in [-0.1, -0.05) is 35.9 Å². The summed E-state index contributed by atoms with van der Waals surface area (Å²) in [6, 6.07) is 16.7. The molecule has 0 radical (unpaired) electrons. The van der Waals surface area contributed by atoms with Crippen LogP contribution in [0.4, 0.5) is 11.4 Å². The molecule has 2 amide bonds. The van der Waals surface area contributed by atoms with Crippen LogP contribution >= 0.6 is 0 Å². The number of rotatable bonds is 4. The summed E-state index contributed by atoms with van der Waals surface area (Å²) in [6.07, 6.45) is 1.42. The first kappa shape index (κ1) is 15.7. The number of carbonyl (C=O) groups excluding carboxylic acids is 2. The second kappa shape index (κ2) is 6.91. The molecule has 0 spiro atoms. The zero-order valence-corrected chi connectivity index (χ0v) is 13.2. The molecule has 1 heterocycles. The van der Waals surface area contributed by atoms with Gasteiger partial charge < -0.3 is 10.6 Å². The summed E-state index contributed by atoms with van der Waals surface area (Å²) in [5.74, 6) is -0.734. The smallest absolute Gasteiger partial charge is 0.233 e. The number of carbonyl (C=O) groups is 2. The molecule has 3 rings (SSSR count). The van der Waals surface area contributed by atoms with E-state index in [2.05, 4.69) is 15.6 Å². The lowest BCUT2D eigenvalue weighted by Crippen LogP contribution is -2.21. The van der Waals surface area contributed by atoms with Gasteiger partial charge in [0.25, 0.3) is 0 Å². The summed E-state index contributed by atoms with van der Waals surface area (Å²) in [5, 5.41) is 6.39. The molecular weight excluding hydrogens is 302 g/mol. The van der Waals surface area contributed by atoms with Crippen molar-refractivity contribution < 1.29 is 9.59 Å². The molecule has 2 N–H and O–H groups in total. The second-order valence-electron chi connectivity index (χ2n) is 5.52. The van der Waals surface area contributed by atoms with Gasteiger partial charge in [-0.15, -0.1) is 0 Å². The number of hydrogen-bond donors (Lipinski definition) is 2. The Kier molecular flexibility index (Phi) is 4.52. The fourth-order valence-electron chi connectivity index (χ4n) is 2.39. The number of nitrogens with zero attached hydrogens (tertiary/aromatic N) is 1. The average molecular weight is 319 g/mol. The third kappa shape index (κ3) is 3.76. The van der Waals surface area contributed by atoms with Crippen molar-refractivity contribution >= 4 is 34.1 Å². The molecule has 0 fully saturated rings. The van der Waals surface area contributed by atoms with E-state index in [0.29, 0.717) is 16.9 Å². The molecule has 0 aliphatic carbocycles. The molecular formula is C19H17N3O2. The van der Waals surface area contributed by atoms with Gasteiger partial charge in [0.1, 0.15) is 6.42 Å². The topological polar surface area (TPSA) is 71.1 Å². The molecule has 120 valence electrons. The molecule has 0 bridgehead atoms. The summed E-state index contributed by atoms with van der Waals surface area (Å²) < 4.78 is 0. The molecule has 2 aromatic carbocycles. The van der Waals surface area contributed by atoms with Gasteiger partial charge in [0.15, 0.2) is 0 Å². The first-order chi connectivity index (χ1) is 11.6. The lowest BCUT2D eigenvalue weighted by atomic mass is 10.2. The number of fused-ring (bicyclic) bond motifs is 1. The van der Waals surface area contributed by atoms with Crippen LogP contribution in [0.5, 0.6) is 0 Å². The van der Waals surface area contributed by atoms with Gasteiger partial charge in [-0.3, -0.25) is 14.6 Å². The summed E-state index contributed by atoms with van der Waals surface area (Å²) in [4.78, 5) is 28.4. The SMILES string of the molecule is Cc1ccc(NC(=O)CC(=O)Nc2cccc3cccnc23)cc1. The van der Waals surface area contributed by atoms with E-state index in [-0.39, 0.29) is 18.2 Å². The molecule has 0 aliphatic heterocycles. The lowest BCUT2D eigenvalue weighted by molar-refractivity contribution is -0.123. The minimum Gasteiger partial charge on any atom is -0.326 e. The van der Waals surface area contributed by atoms with Crippen LogP contribution in [0.2, 0.25) is 0 Å². The third-order valence-corrected chi connectivity index (χ3v) is 3.56. The molecule has 5 heteroatoms. The lowest BCUT2D eigenvalue weighted by Gasteiger charge is -2.08. The Balaban J connectivity index is 1.64. The Bertz CT molecular complexity index is 883. The highest BCUT2D eigenvalue weighted by molar-refractivity contribution is 6.10. The van der Waals surface area contributed by atoms with Crippen LogP contribution in [0.25, 0.3) is 10.9 Å². The van der Waals surface area contributed by atoms with Crippen LogP contribution in [0, 0.1) is 6.92 Å². The number of pyridine rings is 1. The molecule has 5 nitrogen and oxygen atoms in total. The third-order valence-electron chi connectivity index (χ3n) is 3.56. The average Bonchev–Trinajstić information content (AvgIpc) is 2.57. The van der Waals surface area contributed by atoms with E-state index in [1.165, 1.54) is 0 Å². The van der Waals surface area contributed by atoms with E-state index in [4.69, 9.17) is 0 Å². The van der Waals surface area contributed by atoms with Crippen LogP contribution in [-0.2, 0) is 9.59 Å². The van der Waals surface area contributed by atoms with Gasteiger partial charge in [-0.2, -0.15) is 0 Å². The Hall–Kier alpha value is -3.21. The van der Waals surface area contributed by atoms with Crippen molar-refractivity contribution in [3.8, 4) is 0 Å². The van der Waals surface area contributed by atoms with Gasteiger partial charge in [0.05, 0.1) is 11.2 Å². The van der Waals surface area contributed by atoms with E-state index in [1.54, 1.807) is 24.4 Å². The fraction of sp³-hybridized carbons (Fsp3) is 0.105. The number of hydrogen-bond acceptors (Lipinski definition) is 3. The Labute approximate surface area is 139 Å². The maximum Gasteiger partial charge on any atom is 0.233 e. The quantitative estimate of drug-likeness (QED) is 0.723. The van der Waals surface area contributed by atoms with E-state index in [1.807, 2.05) is 43.3 Å². The molecule has 3 aromatic rings. The highest BCUT2D eigenvalue weighted by atomic mass is 16.2. The van der Waals surface area contributed by atoms with Crippen molar-refractivity contribution in [3.63, 3.8) is 0 Å². The predicted octanol–water partition coefficient (Wildman–Crippen LogP) is 3.51. The molecule has 0 saturated carbocycles. The zero-order chi connectivity index (χ0) is 16.9. The fourth-order valence-corrected chi connectivity index (χ4v) is 2.39. The number of aryl methyl sites for hydroxylation is 1. The molecule has 0 aliphatic rings. The molecule has 0 saturated heterocycles. The van der Waals surface area contributed by atoms with E-state index in [0.717, 1.165) is 10.9 Å². The Morgan fingerprint density at radius 2 is 1.62 bits per heavy atom. The number of aromatic nitrogens is 1. The highest BCUT2D eigenvalue weighted by Crippen LogP contribution is 2.20. The summed E-state index contributed by atoms with van der Waals surface area (Å²) in [7, 11) is 0. The minimum absolute atomic E-state index is 0.253. The second-order valence-corrected chi connectivity index (χ2v) is 5.52. The number of anilines is 2. The van der Waals surface area contributed by atoms with E-state index >= 15 is 0 Å². The maximum atomic E-state index is 12.1. The predicted molar refractivity (Wildman–Crippen MR) is 94.8 cm³/mol. The maximum absolute atomic E-state index is 12.1. The van der Waals surface area contributed by atoms with Crippen LogP contribution in [-0.4, -0.2) is 16.8 Å². The highest BCUT2D eigenvalue weighted by Gasteiger charge is 2.11. The zero-order valence-electron chi connectivity index (χ0n) is 13.2. The number of para-hydroxylation sites is 1. The molecule has 0 atom stereocenters. The monoisotopic (exact) mass is 319 g/mol. The van der Waals surface area contributed by atoms with Crippen molar-refractivity contribution in [2.75, 3.05) is 10.6 Å². The summed E-state index contributed by atoms with van der Waals surface area (Å²) in [5.41, 5.74) is 3.08. The van der Waals surface area contributed by atoms with Gasteiger partial charge in [-0.25, -0.2) is 0 Å². The van der Waals surface area contributed by atoms with Crippen LogP contribution < -0.4 is 10.6 Å². The first-order valence-electron chi connectivity index (χ1n) is 7.62. The van der Waals surface area contributed by atoms with E-state index in [9.17, 15) is 9.59 Å². The standard InChI is InChI=1S/C19H17N3O2/c1-13-7-9-15(10-8-13)21-17(23)12-18(24)22-16-6-2-4-14-5-3-11-20-19(14)16/h2-11H,12H2,1H3,(H,21,23)(H,22,24). The van der Waals surface area contributed by atoms with Gasteiger partial charge >= 0.3 is 0 Å². The van der Waals surface area contributed by atoms with Crippen molar-refractivity contribution in [1.82, 2.24) is 4.98 Å². The Morgan fingerprint density at radius 1 is 0.917 bits per heavy atom. The van der Waals surface area contributed by atoms with Crippen LogP contribution in [0.1, 0.15) is 12.0 Å². The van der Waals surface area contributed by atoms with Crippen molar-refractivity contribution in [2.24, 2.45) is 0 Å². The van der Waals surface area contributed by atoms with Gasteiger partial charge in [0, 0.05) is 17.3 Å². The van der Waals surface area contributed by atoms with Crippen LogP contribution in [0.3, 0.4) is 0 Å². The summed E-state index contributed by atoms with van der Waals surface area (Å²) in [6.45, 7) is 1.97. The molecule has 0 unspecified atom stereocenters. The van der Waals surface area contributed by atoms with Gasteiger partial charge in [-0.05, 0) is 31.2 Å². The first-order valence-corrected chi connectivity index (χ1v) is 7.62. The van der Waals surface area contributed by atoms with E-state index < -0.39 is 0 Å². The van der Waals surface area contributed by atoms with Crippen molar-refractivity contribution in [3.05, 3.63) is 66.4 Å². The van der Waals surface area contributed by atoms with Crippen LogP contribution in [0.15, 0.2) is 60.8 Å². The minimum atomic E-state index is -0.377. The van der Waals surface area contributed by atoms with Gasteiger partial charge in [0.2, 0.25) is 11.8 Å². The van der Waals surface area contributed by atoms with Crippen molar-refractivity contribution in [2.45, 2.75) is 13.3 Å². The Morgan fingerprint density at radius 3 is 2.42 bits per heavy atom. The number of benzene rings is 2. The normalized spacial score (nSPS) is 10.4. The molecule has 1 aromatic heterocycles. The summed E-state index contributed by atoms with van der Waals surface area (Å²) >= 11 is 0.